The summed E-state index contributed by atoms with van der Waals surface area (Å²) in [4.78, 5) is 12.4. The van der Waals surface area contributed by atoms with Gasteiger partial charge in [0.05, 0.1) is 18.1 Å². The van der Waals surface area contributed by atoms with Gasteiger partial charge in [0.2, 0.25) is 0 Å². The van der Waals surface area contributed by atoms with Crippen LogP contribution in [0.2, 0.25) is 0 Å². The van der Waals surface area contributed by atoms with E-state index in [0.717, 1.165) is 29.9 Å². The fourth-order valence-corrected chi connectivity index (χ4v) is 3.58. The third kappa shape index (κ3) is 5.58. The minimum Gasteiger partial charge on any atom is -0.493 e. The van der Waals surface area contributed by atoms with Gasteiger partial charge >= 0.3 is 0 Å². The van der Waals surface area contributed by atoms with Gasteiger partial charge in [-0.2, -0.15) is 0 Å². The molecule has 2 aromatic carbocycles. The van der Waals surface area contributed by atoms with Gasteiger partial charge in [0, 0.05) is 12.0 Å². The summed E-state index contributed by atoms with van der Waals surface area (Å²) in [5.41, 5.74) is 2.15. The third-order valence-electron chi connectivity index (χ3n) is 3.99. The summed E-state index contributed by atoms with van der Waals surface area (Å²) in [6.07, 6.45) is 3.59. The number of thioether (sulfide) groups is 1. The van der Waals surface area contributed by atoms with Crippen LogP contribution in [-0.2, 0) is 11.2 Å². The zero-order chi connectivity index (χ0) is 19.1. The average Bonchev–Trinajstić information content (AvgIpc) is 3.00. The van der Waals surface area contributed by atoms with Crippen LogP contribution in [0.25, 0.3) is 6.08 Å². The van der Waals surface area contributed by atoms with Crippen molar-refractivity contribution in [3.63, 3.8) is 0 Å². The summed E-state index contributed by atoms with van der Waals surface area (Å²) in [6, 6.07) is 15.8. The Balaban J connectivity index is 1.50. The summed E-state index contributed by atoms with van der Waals surface area (Å²) in [6.45, 7) is 3.25. The van der Waals surface area contributed by atoms with Crippen molar-refractivity contribution in [2.45, 2.75) is 19.8 Å². The van der Waals surface area contributed by atoms with Gasteiger partial charge in [0.15, 0.2) is 0 Å². The van der Waals surface area contributed by atoms with E-state index in [-0.39, 0.29) is 5.91 Å². The fraction of sp³-hybridized carbons (Fsp3) is 0.238. The number of para-hydroxylation sites is 1. The quantitative estimate of drug-likeness (QED) is 0.400. The number of hydrogen-bond donors (Lipinski definition) is 1. The molecule has 0 radical (unpaired) electrons. The molecular weight excluding hydrogens is 378 g/mol. The lowest BCUT2D eigenvalue weighted by Crippen LogP contribution is -2.17. The Hall–Kier alpha value is -2.31. The number of nitrogens with one attached hydrogen (secondary N) is 1. The molecule has 0 saturated carbocycles. The fourth-order valence-electron chi connectivity index (χ4n) is 2.55. The third-order valence-corrected chi connectivity index (χ3v) is 5.16. The van der Waals surface area contributed by atoms with Crippen LogP contribution < -0.4 is 14.8 Å². The van der Waals surface area contributed by atoms with E-state index in [0.29, 0.717) is 22.4 Å². The number of rotatable bonds is 8. The first-order chi connectivity index (χ1) is 13.2. The molecular formula is C21H21NO3S2. The maximum Gasteiger partial charge on any atom is 0.263 e. The summed E-state index contributed by atoms with van der Waals surface area (Å²) in [7, 11) is 0. The monoisotopic (exact) mass is 399 g/mol. The van der Waals surface area contributed by atoms with Crippen molar-refractivity contribution >= 4 is 40.3 Å². The zero-order valence-electron chi connectivity index (χ0n) is 15.1. The van der Waals surface area contributed by atoms with Crippen LogP contribution in [0.1, 0.15) is 24.5 Å². The molecule has 1 fully saturated rings. The van der Waals surface area contributed by atoms with E-state index in [1.165, 1.54) is 17.3 Å². The van der Waals surface area contributed by atoms with Gasteiger partial charge in [-0.3, -0.25) is 4.79 Å². The Kier molecular flexibility index (Phi) is 6.90. The Morgan fingerprint density at radius 1 is 1.07 bits per heavy atom. The van der Waals surface area contributed by atoms with E-state index in [9.17, 15) is 4.79 Å². The van der Waals surface area contributed by atoms with Crippen molar-refractivity contribution < 1.29 is 14.3 Å². The molecule has 2 aromatic rings. The predicted octanol–water partition coefficient (Wildman–Crippen LogP) is 4.59. The number of carbonyl (C=O) groups excluding carboxylic acids is 1. The van der Waals surface area contributed by atoms with Crippen molar-refractivity contribution in [3.05, 3.63) is 64.6 Å². The molecule has 0 spiro atoms. The first kappa shape index (κ1) is 19.5. The molecule has 0 aromatic heterocycles. The summed E-state index contributed by atoms with van der Waals surface area (Å²) >= 11 is 6.29. The molecule has 0 atom stereocenters. The summed E-state index contributed by atoms with van der Waals surface area (Å²) < 4.78 is 12.1. The number of hydrogen-bond acceptors (Lipinski definition) is 5. The van der Waals surface area contributed by atoms with Gasteiger partial charge in [-0.25, -0.2) is 0 Å². The normalized spacial score (nSPS) is 15.1. The Bertz CT molecular complexity index is 847. The standard InChI is InChI=1S/C21H21NO3S2/c1-2-15-8-10-17(11-9-15)24-12-5-13-25-18-7-4-3-6-16(18)14-19-20(23)22-21(26)27-19/h3-4,6-11,14H,2,5,12-13H2,1H3,(H,22,23,26). The smallest absolute Gasteiger partial charge is 0.263 e. The molecule has 6 heteroatoms. The van der Waals surface area contributed by atoms with Crippen LogP contribution in [0.5, 0.6) is 11.5 Å². The highest BCUT2D eigenvalue weighted by atomic mass is 32.2. The molecule has 1 heterocycles. The highest BCUT2D eigenvalue weighted by molar-refractivity contribution is 8.26. The minimum atomic E-state index is -0.165. The second kappa shape index (κ2) is 9.58. The molecule has 140 valence electrons. The number of ether oxygens (including phenoxy) is 2. The molecule has 0 aliphatic carbocycles. The van der Waals surface area contributed by atoms with Gasteiger partial charge in [-0.05, 0) is 36.3 Å². The number of benzene rings is 2. The van der Waals surface area contributed by atoms with E-state index < -0.39 is 0 Å². The van der Waals surface area contributed by atoms with Crippen LogP contribution in [-0.4, -0.2) is 23.4 Å². The number of amides is 1. The lowest BCUT2D eigenvalue weighted by Gasteiger charge is -2.10. The topological polar surface area (TPSA) is 47.6 Å². The van der Waals surface area contributed by atoms with E-state index >= 15 is 0 Å². The van der Waals surface area contributed by atoms with Gasteiger partial charge in [0.1, 0.15) is 15.8 Å². The van der Waals surface area contributed by atoms with Crippen molar-refractivity contribution in [2.24, 2.45) is 0 Å². The molecule has 0 unspecified atom stereocenters. The predicted molar refractivity (Wildman–Crippen MR) is 114 cm³/mol. The molecule has 1 amide bonds. The van der Waals surface area contributed by atoms with Crippen LogP contribution >= 0.6 is 24.0 Å². The van der Waals surface area contributed by atoms with Crippen molar-refractivity contribution in [3.8, 4) is 11.5 Å². The van der Waals surface area contributed by atoms with Gasteiger partial charge < -0.3 is 14.8 Å². The Morgan fingerprint density at radius 2 is 1.81 bits per heavy atom. The van der Waals surface area contributed by atoms with Crippen LogP contribution in [0.15, 0.2) is 53.4 Å². The van der Waals surface area contributed by atoms with Crippen LogP contribution in [0.4, 0.5) is 0 Å². The Labute approximate surface area is 168 Å². The first-order valence-corrected chi connectivity index (χ1v) is 10.1. The molecule has 27 heavy (non-hydrogen) atoms. The summed E-state index contributed by atoms with van der Waals surface area (Å²) in [5, 5.41) is 2.62. The molecule has 1 N–H and O–H groups in total. The van der Waals surface area contributed by atoms with Crippen LogP contribution in [0, 0.1) is 0 Å². The highest BCUT2D eigenvalue weighted by Gasteiger charge is 2.22. The molecule has 3 rings (SSSR count). The van der Waals surface area contributed by atoms with Gasteiger partial charge in [0.25, 0.3) is 5.91 Å². The van der Waals surface area contributed by atoms with Crippen molar-refractivity contribution in [1.82, 2.24) is 5.32 Å². The van der Waals surface area contributed by atoms with E-state index in [1.54, 1.807) is 6.08 Å². The number of carbonyl (C=O) groups is 1. The average molecular weight is 400 g/mol. The molecule has 0 bridgehead atoms. The van der Waals surface area contributed by atoms with E-state index in [1.807, 2.05) is 36.4 Å². The summed E-state index contributed by atoms with van der Waals surface area (Å²) in [5.74, 6) is 1.45. The Morgan fingerprint density at radius 3 is 2.52 bits per heavy atom. The van der Waals surface area contributed by atoms with Gasteiger partial charge in [-0.1, -0.05) is 61.2 Å². The lowest BCUT2D eigenvalue weighted by molar-refractivity contribution is -0.115. The SMILES string of the molecule is CCc1ccc(OCCCOc2ccccc2C=C2SC(=S)NC2=O)cc1. The zero-order valence-corrected chi connectivity index (χ0v) is 16.7. The first-order valence-electron chi connectivity index (χ1n) is 8.84. The van der Waals surface area contributed by atoms with Gasteiger partial charge in [-0.15, -0.1) is 0 Å². The van der Waals surface area contributed by atoms with Crippen molar-refractivity contribution in [1.29, 1.82) is 0 Å². The number of aryl methyl sites for hydroxylation is 1. The molecule has 1 aliphatic heterocycles. The molecule has 1 saturated heterocycles. The lowest BCUT2D eigenvalue weighted by atomic mass is 10.2. The van der Waals surface area contributed by atoms with E-state index in [4.69, 9.17) is 21.7 Å². The largest absolute Gasteiger partial charge is 0.493 e. The van der Waals surface area contributed by atoms with Crippen molar-refractivity contribution in [2.75, 3.05) is 13.2 Å². The molecule has 1 aliphatic rings. The van der Waals surface area contributed by atoms with Crippen LogP contribution in [0.3, 0.4) is 0 Å². The highest BCUT2D eigenvalue weighted by Crippen LogP contribution is 2.29. The minimum absolute atomic E-state index is 0.165. The maximum atomic E-state index is 11.8. The molecule has 4 nitrogen and oxygen atoms in total. The second-order valence-corrected chi connectivity index (χ2v) is 7.66. The van der Waals surface area contributed by atoms with E-state index in [2.05, 4.69) is 24.4 Å². The maximum absolute atomic E-state index is 11.8. The second-order valence-electron chi connectivity index (χ2n) is 5.94. The number of thiocarbonyl (C=S) groups is 1.